The Morgan fingerprint density at radius 3 is 2.36 bits per heavy atom. The summed E-state index contributed by atoms with van der Waals surface area (Å²) in [6.45, 7) is 1.12. The molecule has 0 aromatic heterocycles. The fraction of sp³-hybridized carbons (Fsp3) is 0.300. The Kier molecular flexibility index (Phi) is 4.00. The maximum Gasteiger partial charge on any atom is 0.237 e. The zero-order valence-corrected chi connectivity index (χ0v) is 13.7. The second-order valence-electron chi connectivity index (χ2n) is 6.59. The highest BCUT2D eigenvalue weighted by atomic mass is 16.3. The van der Waals surface area contributed by atoms with Crippen molar-refractivity contribution < 1.29 is 9.90 Å². The molecule has 2 aliphatic rings. The number of benzene rings is 2. The largest absolute Gasteiger partial charge is 0.394 e. The molecule has 0 aliphatic carbocycles. The van der Waals surface area contributed by atoms with Crippen molar-refractivity contribution in [2.75, 3.05) is 19.7 Å². The SMILES string of the molecule is N#Cc1ccc(-c2ccc([C@H]3[C@H](CO)N4C(=O)CNC[C@@H]34)cc2)cc1. The Balaban J connectivity index is 1.57. The van der Waals surface area contributed by atoms with Crippen molar-refractivity contribution in [3.05, 3.63) is 59.7 Å². The van der Waals surface area contributed by atoms with Gasteiger partial charge >= 0.3 is 0 Å². The van der Waals surface area contributed by atoms with Crippen LogP contribution in [0.1, 0.15) is 17.0 Å². The molecule has 0 bridgehead atoms. The Bertz CT molecular complexity index is 818. The number of nitrogens with zero attached hydrogens (tertiary/aromatic N) is 2. The number of hydrogen-bond acceptors (Lipinski definition) is 4. The highest BCUT2D eigenvalue weighted by molar-refractivity contribution is 5.81. The Labute approximate surface area is 146 Å². The van der Waals surface area contributed by atoms with Gasteiger partial charge in [-0.3, -0.25) is 4.79 Å². The summed E-state index contributed by atoms with van der Waals surface area (Å²) in [7, 11) is 0. The van der Waals surface area contributed by atoms with Gasteiger partial charge in [0.2, 0.25) is 5.91 Å². The number of aliphatic hydroxyl groups is 1. The van der Waals surface area contributed by atoms with E-state index in [4.69, 9.17) is 5.26 Å². The van der Waals surface area contributed by atoms with Gasteiger partial charge in [0.1, 0.15) is 0 Å². The lowest BCUT2D eigenvalue weighted by Crippen LogP contribution is -2.72. The molecule has 2 aromatic rings. The first-order chi connectivity index (χ1) is 12.2. The molecule has 2 N–H and O–H groups in total. The lowest BCUT2D eigenvalue weighted by molar-refractivity contribution is -0.153. The van der Waals surface area contributed by atoms with Gasteiger partial charge in [0.25, 0.3) is 0 Å². The van der Waals surface area contributed by atoms with Crippen LogP contribution in [0.3, 0.4) is 0 Å². The molecule has 4 rings (SSSR count). The van der Waals surface area contributed by atoms with E-state index >= 15 is 0 Å². The molecular weight excluding hydrogens is 314 g/mol. The molecule has 2 saturated heterocycles. The molecule has 5 heteroatoms. The van der Waals surface area contributed by atoms with E-state index in [2.05, 4.69) is 35.7 Å². The second kappa shape index (κ2) is 6.32. The first-order valence-corrected chi connectivity index (χ1v) is 8.46. The summed E-state index contributed by atoms with van der Waals surface area (Å²) in [5.74, 6) is 0.234. The monoisotopic (exact) mass is 333 g/mol. The van der Waals surface area contributed by atoms with Gasteiger partial charge < -0.3 is 15.3 Å². The summed E-state index contributed by atoms with van der Waals surface area (Å²) in [6.07, 6.45) is 0. The molecule has 5 nitrogen and oxygen atoms in total. The van der Waals surface area contributed by atoms with Crippen molar-refractivity contribution in [2.24, 2.45) is 0 Å². The molecule has 126 valence electrons. The van der Waals surface area contributed by atoms with Crippen LogP contribution >= 0.6 is 0 Å². The van der Waals surface area contributed by atoms with E-state index in [0.29, 0.717) is 12.1 Å². The number of rotatable bonds is 3. The summed E-state index contributed by atoms with van der Waals surface area (Å²) in [4.78, 5) is 13.9. The van der Waals surface area contributed by atoms with Crippen LogP contribution in [0.4, 0.5) is 0 Å². The van der Waals surface area contributed by atoms with Crippen molar-refractivity contribution in [3.8, 4) is 17.2 Å². The average molecular weight is 333 g/mol. The highest BCUT2D eigenvalue weighted by Crippen LogP contribution is 2.41. The van der Waals surface area contributed by atoms with Crippen LogP contribution in [0.15, 0.2) is 48.5 Å². The van der Waals surface area contributed by atoms with Crippen molar-refractivity contribution in [3.63, 3.8) is 0 Å². The highest BCUT2D eigenvalue weighted by Gasteiger charge is 2.52. The van der Waals surface area contributed by atoms with E-state index in [1.54, 1.807) is 0 Å². The normalized spacial score (nSPS) is 25.0. The number of fused-ring (bicyclic) bond motifs is 1. The molecule has 0 unspecified atom stereocenters. The molecule has 2 heterocycles. The second-order valence-corrected chi connectivity index (χ2v) is 6.59. The number of aliphatic hydroxyl groups excluding tert-OH is 1. The summed E-state index contributed by atoms with van der Waals surface area (Å²) in [5.41, 5.74) is 3.95. The van der Waals surface area contributed by atoms with E-state index in [9.17, 15) is 9.90 Å². The van der Waals surface area contributed by atoms with Crippen molar-refractivity contribution >= 4 is 5.91 Å². The summed E-state index contributed by atoms with van der Waals surface area (Å²) >= 11 is 0. The number of carbonyl (C=O) groups is 1. The Morgan fingerprint density at radius 1 is 1.12 bits per heavy atom. The number of hydrogen-bond donors (Lipinski definition) is 2. The predicted molar refractivity (Wildman–Crippen MR) is 93.7 cm³/mol. The van der Waals surface area contributed by atoms with Crippen molar-refractivity contribution in [1.29, 1.82) is 5.26 Å². The van der Waals surface area contributed by atoms with Crippen LogP contribution in [0.2, 0.25) is 0 Å². The smallest absolute Gasteiger partial charge is 0.237 e. The van der Waals surface area contributed by atoms with Crippen molar-refractivity contribution in [1.82, 2.24) is 10.2 Å². The van der Waals surface area contributed by atoms with Crippen LogP contribution in [0.25, 0.3) is 11.1 Å². The first-order valence-electron chi connectivity index (χ1n) is 8.46. The van der Waals surface area contributed by atoms with Crippen LogP contribution < -0.4 is 5.32 Å². The maximum atomic E-state index is 12.0. The first kappa shape index (κ1) is 15.8. The van der Waals surface area contributed by atoms with Gasteiger partial charge in [-0.15, -0.1) is 0 Å². The van der Waals surface area contributed by atoms with E-state index in [1.165, 1.54) is 0 Å². The van der Waals surface area contributed by atoms with Gasteiger partial charge in [-0.25, -0.2) is 0 Å². The summed E-state index contributed by atoms with van der Waals surface area (Å²) in [5, 5.41) is 21.8. The third-order valence-corrected chi connectivity index (χ3v) is 5.29. The fourth-order valence-corrected chi connectivity index (χ4v) is 4.04. The molecule has 1 amide bonds. The van der Waals surface area contributed by atoms with E-state index in [0.717, 1.165) is 23.2 Å². The number of nitriles is 1. The van der Waals surface area contributed by atoms with Crippen LogP contribution in [-0.2, 0) is 4.79 Å². The Hall–Kier alpha value is -2.68. The average Bonchev–Trinajstić information content (AvgIpc) is 2.64. The predicted octanol–water partition coefficient (Wildman–Crippen LogP) is 1.48. The lowest BCUT2D eigenvalue weighted by atomic mass is 9.74. The molecule has 2 fully saturated rings. The zero-order chi connectivity index (χ0) is 17.4. The number of nitrogens with one attached hydrogen (secondary N) is 1. The maximum absolute atomic E-state index is 12.0. The number of amides is 1. The topological polar surface area (TPSA) is 76.4 Å². The minimum atomic E-state index is -0.125. The molecule has 0 spiro atoms. The lowest BCUT2D eigenvalue weighted by Gasteiger charge is -2.57. The van der Waals surface area contributed by atoms with Gasteiger partial charge in [-0.05, 0) is 28.8 Å². The Morgan fingerprint density at radius 2 is 1.76 bits per heavy atom. The zero-order valence-electron chi connectivity index (χ0n) is 13.7. The molecule has 0 radical (unpaired) electrons. The molecule has 2 aromatic carbocycles. The van der Waals surface area contributed by atoms with Gasteiger partial charge in [0.05, 0.1) is 36.9 Å². The van der Waals surface area contributed by atoms with Gasteiger partial charge in [-0.1, -0.05) is 36.4 Å². The van der Waals surface area contributed by atoms with E-state index in [1.807, 2.05) is 29.2 Å². The third kappa shape index (κ3) is 2.60. The standard InChI is InChI=1S/C20H19N3O2/c21-9-13-1-3-14(4-2-13)15-5-7-16(8-6-15)20-17-10-22-11-19(25)23(17)18(20)12-24/h1-8,17-18,20,22,24H,10-12H2/t17-,18-,20+/m0/s1. The van der Waals surface area contributed by atoms with E-state index < -0.39 is 0 Å². The van der Waals surface area contributed by atoms with Gasteiger partial charge in [0, 0.05) is 12.5 Å². The van der Waals surface area contributed by atoms with E-state index in [-0.39, 0.29) is 30.5 Å². The van der Waals surface area contributed by atoms with Crippen molar-refractivity contribution in [2.45, 2.75) is 18.0 Å². The molecular formula is C20H19N3O2. The summed E-state index contributed by atoms with van der Waals surface area (Å²) < 4.78 is 0. The minimum absolute atomic E-state index is 0.00964. The molecule has 2 aliphatic heterocycles. The van der Waals surface area contributed by atoms with Crippen LogP contribution in [-0.4, -0.2) is 47.7 Å². The number of piperazine rings is 1. The molecule has 0 saturated carbocycles. The van der Waals surface area contributed by atoms with Crippen LogP contribution in [0, 0.1) is 11.3 Å². The third-order valence-electron chi connectivity index (χ3n) is 5.29. The van der Waals surface area contributed by atoms with Gasteiger partial charge in [0.15, 0.2) is 0 Å². The van der Waals surface area contributed by atoms with Crippen LogP contribution in [0.5, 0.6) is 0 Å². The van der Waals surface area contributed by atoms with Gasteiger partial charge in [-0.2, -0.15) is 5.26 Å². The summed E-state index contributed by atoms with van der Waals surface area (Å²) in [6, 6.07) is 17.9. The minimum Gasteiger partial charge on any atom is -0.394 e. The fourth-order valence-electron chi connectivity index (χ4n) is 4.04. The quantitative estimate of drug-likeness (QED) is 0.892. The molecule has 3 atom stereocenters. The molecule has 25 heavy (non-hydrogen) atoms. The number of carbonyl (C=O) groups excluding carboxylic acids is 1.